The molecular formula is C22H21ClN2O3S. The summed E-state index contributed by atoms with van der Waals surface area (Å²) in [6, 6.07) is 11.0. The maximum atomic E-state index is 12.3. The van der Waals surface area contributed by atoms with Crippen molar-refractivity contribution in [1.82, 2.24) is 4.98 Å². The summed E-state index contributed by atoms with van der Waals surface area (Å²) in [4.78, 5) is 16.6. The summed E-state index contributed by atoms with van der Waals surface area (Å²) in [5, 5.41) is 6.41. The average molecular weight is 429 g/mol. The van der Waals surface area contributed by atoms with E-state index in [1.807, 2.05) is 43.5 Å². The maximum Gasteiger partial charge on any atom is 0.248 e. The maximum absolute atomic E-state index is 12.3. The van der Waals surface area contributed by atoms with Crippen LogP contribution in [-0.2, 0) is 11.4 Å². The molecular weight excluding hydrogens is 408 g/mol. The van der Waals surface area contributed by atoms with Gasteiger partial charge < -0.3 is 14.8 Å². The first-order valence-electron chi connectivity index (χ1n) is 8.91. The van der Waals surface area contributed by atoms with Crippen molar-refractivity contribution in [3.05, 3.63) is 74.7 Å². The van der Waals surface area contributed by atoms with Gasteiger partial charge in [-0.2, -0.15) is 0 Å². The zero-order chi connectivity index (χ0) is 20.8. The number of nitrogens with zero attached hydrogens (tertiary/aromatic N) is 1. The molecule has 0 aliphatic heterocycles. The number of anilines is 1. The van der Waals surface area contributed by atoms with Crippen LogP contribution in [0.1, 0.15) is 21.8 Å². The third-order valence-corrected chi connectivity index (χ3v) is 5.33. The highest BCUT2D eigenvalue weighted by molar-refractivity contribution is 7.09. The molecule has 0 aliphatic rings. The molecule has 5 nitrogen and oxygen atoms in total. The van der Waals surface area contributed by atoms with Gasteiger partial charge in [0.15, 0.2) is 0 Å². The van der Waals surface area contributed by atoms with Gasteiger partial charge in [0, 0.05) is 22.5 Å². The molecule has 1 heterocycles. The lowest BCUT2D eigenvalue weighted by Crippen LogP contribution is -2.09. The highest BCUT2D eigenvalue weighted by Gasteiger charge is 2.09. The largest absolute Gasteiger partial charge is 0.495 e. The van der Waals surface area contributed by atoms with Crippen molar-refractivity contribution in [2.45, 2.75) is 20.5 Å². The number of hydrogen-bond acceptors (Lipinski definition) is 5. The van der Waals surface area contributed by atoms with Gasteiger partial charge in [-0.1, -0.05) is 23.7 Å². The Morgan fingerprint density at radius 3 is 2.66 bits per heavy atom. The fraction of sp³-hybridized carbons (Fsp3) is 0.182. The minimum absolute atomic E-state index is 0.260. The summed E-state index contributed by atoms with van der Waals surface area (Å²) in [7, 11) is 1.53. The quantitative estimate of drug-likeness (QED) is 0.494. The SMILES string of the molecule is COc1cc(Cl)c(C)cc1NC(=O)/C=C/c1ccc(OCc2csc(C)n2)cc1. The highest BCUT2D eigenvalue weighted by atomic mass is 35.5. The highest BCUT2D eigenvalue weighted by Crippen LogP contribution is 2.31. The Morgan fingerprint density at radius 2 is 2.00 bits per heavy atom. The van der Waals surface area contributed by atoms with E-state index in [2.05, 4.69) is 10.3 Å². The van der Waals surface area contributed by atoms with E-state index in [4.69, 9.17) is 21.1 Å². The third-order valence-electron chi connectivity index (χ3n) is 4.10. The van der Waals surface area contributed by atoms with Crippen molar-refractivity contribution in [1.29, 1.82) is 0 Å². The van der Waals surface area contributed by atoms with Gasteiger partial charge in [-0.15, -0.1) is 11.3 Å². The van der Waals surface area contributed by atoms with E-state index in [0.717, 1.165) is 27.6 Å². The summed E-state index contributed by atoms with van der Waals surface area (Å²) in [6.07, 6.45) is 3.20. The molecule has 0 spiro atoms. The van der Waals surface area contributed by atoms with E-state index in [-0.39, 0.29) is 5.91 Å². The Labute approximate surface area is 179 Å². The van der Waals surface area contributed by atoms with Crippen LogP contribution in [0, 0.1) is 13.8 Å². The van der Waals surface area contributed by atoms with Gasteiger partial charge >= 0.3 is 0 Å². The van der Waals surface area contributed by atoms with E-state index in [1.54, 1.807) is 29.5 Å². The molecule has 1 N–H and O–H groups in total. The molecule has 0 atom stereocenters. The molecule has 0 radical (unpaired) electrons. The van der Waals surface area contributed by atoms with Gasteiger partial charge in [-0.05, 0) is 49.2 Å². The molecule has 0 fully saturated rings. The summed E-state index contributed by atoms with van der Waals surface area (Å²) in [5.74, 6) is 1.00. The lowest BCUT2D eigenvalue weighted by Gasteiger charge is -2.11. The second-order valence-corrected chi connectivity index (χ2v) is 7.81. The molecule has 0 unspecified atom stereocenters. The number of ether oxygens (including phenoxy) is 2. The second kappa shape index (κ2) is 9.58. The minimum Gasteiger partial charge on any atom is -0.495 e. The molecule has 150 valence electrons. The molecule has 1 amide bonds. The number of nitrogens with one attached hydrogen (secondary N) is 1. The van der Waals surface area contributed by atoms with Crippen molar-refractivity contribution in [2.75, 3.05) is 12.4 Å². The van der Waals surface area contributed by atoms with Gasteiger partial charge in [-0.25, -0.2) is 4.98 Å². The Morgan fingerprint density at radius 1 is 1.24 bits per heavy atom. The zero-order valence-electron chi connectivity index (χ0n) is 16.4. The normalized spacial score (nSPS) is 10.9. The van der Waals surface area contributed by atoms with Gasteiger partial charge in [0.25, 0.3) is 0 Å². The number of aromatic nitrogens is 1. The lowest BCUT2D eigenvalue weighted by atomic mass is 10.2. The van der Waals surface area contributed by atoms with Crippen LogP contribution in [-0.4, -0.2) is 18.0 Å². The van der Waals surface area contributed by atoms with E-state index < -0.39 is 0 Å². The van der Waals surface area contributed by atoms with E-state index >= 15 is 0 Å². The van der Waals surface area contributed by atoms with Gasteiger partial charge in [-0.3, -0.25) is 4.79 Å². The summed E-state index contributed by atoms with van der Waals surface area (Å²) in [6.45, 7) is 4.27. The summed E-state index contributed by atoms with van der Waals surface area (Å²) in [5.41, 5.74) is 3.23. The van der Waals surface area contributed by atoms with Crippen LogP contribution in [0.4, 0.5) is 5.69 Å². The number of rotatable bonds is 7. The smallest absolute Gasteiger partial charge is 0.248 e. The van der Waals surface area contributed by atoms with Crippen molar-refractivity contribution < 1.29 is 14.3 Å². The van der Waals surface area contributed by atoms with Gasteiger partial charge in [0.05, 0.1) is 23.5 Å². The summed E-state index contributed by atoms with van der Waals surface area (Å²) >= 11 is 7.70. The monoisotopic (exact) mass is 428 g/mol. The number of thiazole rings is 1. The lowest BCUT2D eigenvalue weighted by molar-refractivity contribution is -0.111. The molecule has 0 saturated carbocycles. The van der Waals surface area contributed by atoms with Crippen molar-refractivity contribution >= 4 is 40.6 Å². The number of carbonyl (C=O) groups is 1. The number of carbonyl (C=O) groups excluding carboxylic acids is 1. The van der Waals surface area contributed by atoms with Crippen LogP contribution >= 0.6 is 22.9 Å². The minimum atomic E-state index is -0.260. The van der Waals surface area contributed by atoms with Crippen LogP contribution in [0.5, 0.6) is 11.5 Å². The van der Waals surface area contributed by atoms with Gasteiger partial charge in [0.1, 0.15) is 18.1 Å². The fourth-order valence-corrected chi connectivity index (χ4v) is 3.33. The Kier molecular flexibility index (Phi) is 6.90. The molecule has 0 aliphatic carbocycles. The van der Waals surface area contributed by atoms with E-state index in [1.165, 1.54) is 13.2 Å². The molecule has 29 heavy (non-hydrogen) atoms. The van der Waals surface area contributed by atoms with E-state index in [9.17, 15) is 4.79 Å². The van der Waals surface area contributed by atoms with Gasteiger partial charge in [0.2, 0.25) is 5.91 Å². The molecule has 0 saturated heterocycles. The first-order chi connectivity index (χ1) is 13.9. The van der Waals surface area contributed by atoms with E-state index in [0.29, 0.717) is 23.1 Å². The number of halogens is 1. The number of hydrogen-bond donors (Lipinski definition) is 1. The Bertz CT molecular complexity index is 1030. The molecule has 3 rings (SSSR count). The Hall–Kier alpha value is -2.83. The predicted molar refractivity (Wildman–Crippen MR) is 118 cm³/mol. The van der Waals surface area contributed by atoms with Crippen molar-refractivity contribution in [3.63, 3.8) is 0 Å². The van der Waals surface area contributed by atoms with Crippen LogP contribution < -0.4 is 14.8 Å². The molecule has 7 heteroatoms. The molecule has 3 aromatic rings. The second-order valence-electron chi connectivity index (χ2n) is 6.34. The first kappa shape index (κ1) is 20.9. The van der Waals surface area contributed by atoms with Crippen molar-refractivity contribution in [2.24, 2.45) is 0 Å². The zero-order valence-corrected chi connectivity index (χ0v) is 17.9. The summed E-state index contributed by atoms with van der Waals surface area (Å²) < 4.78 is 11.0. The number of benzene rings is 2. The number of aryl methyl sites for hydroxylation is 2. The number of amides is 1. The van der Waals surface area contributed by atoms with Crippen molar-refractivity contribution in [3.8, 4) is 11.5 Å². The molecule has 2 aromatic carbocycles. The fourth-order valence-electron chi connectivity index (χ4n) is 2.58. The topological polar surface area (TPSA) is 60.5 Å². The Balaban J connectivity index is 1.58. The number of methoxy groups -OCH3 is 1. The van der Waals surface area contributed by atoms with Crippen LogP contribution in [0.2, 0.25) is 5.02 Å². The molecule has 1 aromatic heterocycles. The average Bonchev–Trinajstić information content (AvgIpc) is 3.13. The van der Waals surface area contributed by atoms with Crippen LogP contribution in [0.25, 0.3) is 6.08 Å². The molecule has 0 bridgehead atoms. The first-order valence-corrected chi connectivity index (χ1v) is 10.2. The van der Waals surface area contributed by atoms with Crippen LogP contribution in [0.15, 0.2) is 47.9 Å². The third kappa shape index (κ3) is 5.82. The standard InChI is InChI=1S/C22H21ClN2O3S/c1-14-10-20(21(27-3)11-19(14)23)25-22(26)9-6-16-4-7-18(8-5-16)28-12-17-13-29-15(2)24-17/h4-11,13H,12H2,1-3H3,(H,25,26)/b9-6+. The van der Waals surface area contributed by atoms with Crippen LogP contribution in [0.3, 0.4) is 0 Å². The predicted octanol–water partition coefficient (Wildman–Crippen LogP) is 5.65.